The van der Waals surface area contributed by atoms with E-state index in [1.165, 1.54) is 30.7 Å². The average molecular weight is 1090 g/mol. The van der Waals surface area contributed by atoms with Crippen LogP contribution in [0.25, 0.3) is 0 Å². The maximum Gasteiger partial charge on any atom is 0.248 e. The molecule has 4 rings (SSSR count). The molecule has 1 aromatic carbocycles. The first kappa shape index (κ1) is 64.0. The summed E-state index contributed by atoms with van der Waals surface area (Å²) < 4.78 is 5.72. The van der Waals surface area contributed by atoms with Gasteiger partial charge in [-0.05, 0) is 55.7 Å². The predicted octanol–water partition coefficient (Wildman–Crippen LogP) is -2.33. The molecule has 1 aromatic rings. The normalized spacial score (nSPS) is 28.1. The Kier molecular flexibility index (Phi) is 25.9. The maximum atomic E-state index is 14.5. The number of fused-ring (bicyclic) bond motifs is 2. The monoisotopic (exact) mass is 1090 g/mol. The minimum absolute atomic E-state index is 0.0419. The van der Waals surface area contributed by atoms with Gasteiger partial charge in [-0.3, -0.25) is 38.4 Å². The molecule has 3 fully saturated rings. The van der Waals surface area contributed by atoms with Gasteiger partial charge in [0.1, 0.15) is 48.1 Å². The summed E-state index contributed by atoms with van der Waals surface area (Å²) in [5.41, 5.74) is 11.2. The molecule has 77 heavy (non-hydrogen) atoms. The Hall–Kier alpha value is -5.54. The van der Waals surface area contributed by atoms with Crippen LogP contribution < -0.4 is 38.1 Å². The Labute approximate surface area is 449 Å². The molecule has 16 N–H and O–H groups in total. The first-order valence-electron chi connectivity index (χ1n) is 27.0. The van der Waals surface area contributed by atoms with E-state index in [0.29, 0.717) is 24.7 Å². The summed E-state index contributed by atoms with van der Waals surface area (Å²) in [6.07, 6.45) is -6.39. The fourth-order valence-corrected chi connectivity index (χ4v) is 10.1. The van der Waals surface area contributed by atoms with Gasteiger partial charge in [-0.15, -0.1) is 0 Å². The van der Waals surface area contributed by atoms with E-state index >= 15 is 0 Å². The summed E-state index contributed by atoms with van der Waals surface area (Å²) in [6, 6.07) is -5.83. The number of phenols is 1. The number of phenolic OH excluding ortho intramolecular Hbond substituents is 1. The summed E-state index contributed by atoms with van der Waals surface area (Å²) in [6.45, 7) is 6.54. The van der Waals surface area contributed by atoms with Gasteiger partial charge in [-0.25, -0.2) is 0 Å². The first-order chi connectivity index (χ1) is 36.4. The molecule has 8 amide bonds. The highest BCUT2D eigenvalue weighted by atomic mass is 16.5. The molecule has 0 aromatic heterocycles. The molecule has 3 saturated heterocycles. The molecule has 0 saturated carbocycles. The molecule has 0 bridgehead atoms. The first-order valence-corrected chi connectivity index (χ1v) is 27.0. The number of primary amides is 1. The van der Waals surface area contributed by atoms with Gasteiger partial charge < -0.3 is 88.3 Å². The molecule has 15 atom stereocenters. The Balaban J connectivity index is 1.72. The van der Waals surface area contributed by atoms with Gasteiger partial charge in [0, 0.05) is 45.3 Å². The third kappa shape index (κ3) is 19.4. The Morgan fingerprint density at radius 1 is 0.779 bits per heavy atom. The quantitative estimate of drug-likeness (QED) is 0.0511. The average Bonchev–Trinajstić information content (AvgIpc) is 3.97. The van der Waals surface area contributed by atoms with Crippen LogP contribution in [-0.4, -0.2) is 192 Å². The van der Waals surface area contributed by atoms with Crippen LogP contribution >= 0.6 is 0 Å². The van der Waals surface area contributed by atoms with Gasteiger partial charge >= 0.3 is 0 Å². The van der Waals surface area contributed by atoms with Crippen LogP contribution in [0, 0.1) is 11.8 Å². The number of hydrogen-bond acceptors (Lipinski definition) is 17. The highest BCUT2D eigenvalue weighted by molar-refractivity contribution is 5.98. The molecular weight excluding hydrogens is 1010 g/mol. The largest absolute Gasteiger partial charge is 0.508 e. The lowest BCUT2D eigenvalue weighted by molar-refractivity contribution is -0.149. The predicted molar refractivity (Wildman–Crippen MR) is 277 cm³/mol. The van der Waals surface area contributed by atoms with E-state index in [-0.39, 0.29) is 43.9 Å². The van der Waals surface area contributed by atoms with Crippen LogP contribution in [0.1, 0.15) is 136 Å². The van der Waals surface area contributed by atoms with E-state index in [1.807, 2.05) is 0 Å². The van der Waals surface area contributed by atoms with Crippen LogP contribution in [0.5, 0.6) is 5.75 Å². The lowest BCUT2D eigenvalue weighted by atomic mass is 9.91. The van der Waals surface area contributed by atoms with E-state index < -0.39 is 159 Å². The van der Waals surface area contributed by atoms with E-state index in [2.05, 4.69) is 47.4 Å². The molecule has 0 spiro atoms. The lowest BCUT2D eigenvalue weighted by Crippen LogP contribution is -2.63. The fraction of sp³-hybridized carbons (Fsp3) is 0.731. The van der Waals surface area contributed by atoms with Crippen molar-refractivity contribution < 1.29 is 78.8 Å². The molecule has 3 aliphatic heterocycles. The summed E-state index contributed by atoms with van der Waals surface area (Å²) in [5.74, 6) is -7.49. The number of amides is 8. The lowest BCUT2D eigenvalue weighted by Gasteiger charge is -2.34. The minimum Gasteiger partial charge on any atom is -0.508 e. The van der Waals surface area contributed by atoms with E-state index in [4.69, 9.17) is 16.2 Å². The standard InChI is InChI=1S/C52H85N9O16/c1-5-28(2)22-29(3)12-10-8-6-7-9-11-13-42(70)55-34-25-40(68)50(77-21-19-53)59-49(74)45-37(65)18-20-60(45)52(76)44(39(67)26-41(54)69)58-47(72)35(24-38(66)31-14-16-32(63)17-15-31)56-48(73)36-23-33(64)27-61(36)51(75)43(30(4)62)57-46(34)71/h14-17,28-30,33-40,43-45,50,62-68H,5-13,18-27,53H2,1-4H3,(H2,54,69)(H,55,70)(H,56,73)(H,57,71)(H,58,72)(H,59,74). The third-order valence-corrected chi connectivity index (χ3v) is 14.6. The van der Waals surface area contributed by atoms with Gasteiger partial charge in [0.2, 0.25) is 47.3 Å². The molecule has 3 aliphatic rings. The van der Waals surface area contributed by atoms with Gasteiger partial charge in [0.25, 0.3) is 0 Å². The highest BCUT2D eigenvalue weighted by Crippen LogP contribution is 2.26. The van der Waals surface area contributed by atoms with Crippen LogP contribution in [-0.2, 0) is 43.1 Å². The number of aromatic hydroxyl groups is 1. The maximum absolute atomic E-state index is 14.5. The number of nitrogens with zero attached hydrogens (tertiary/aromatic N) is 2. The van der Waals surface area contributed by atoms with E-state index in [0.717, 1.165) is 55.2 Å². The molecule has 0 radical (unpaired) electrons. The zero-order valence-corrected chi connectivity index (χ0v) is 44.8. The van der Waals surface area contributed by atoms with Crippen LogP contribution in [0.15, 0.2) is 24.3 Å². The van der Waals surface area contributed by atoms with Gasteiger partial charge in [-0.2, -0.15) is 0 Å². The number of unbranched alkanes of at least 4 members (excludes halogenated alkanes) is 5. The van der Waals surface area contributed by atoms with Crippen molar-refractivity contribution in [1.29, 1.82) is 0 Å². The van der Waals surface area contributed by atoms with Crippen molar-refractivity contribution in [3.8, 4) is 5.75 Å². The Bertz CT molecular complexity index is 2120. The minimum atomic E-state index is -2.12. The number of nitrogens with one attached hydrogen (secondary N) is 5. The molecule has 3 heterocycles. The Morgan fingerprint density at radius 3 is 2.05 bits per heavy atom. The second-order valence-corrected chi connectivity index (χ2v) is 21.1. The number of rotatable bonds is 23. The van der Waals surface area contributed by atoms with Gasteiger partial charge in [0.05, 0.1) is 43.5 Å². The summed E-state index contributed by atoms with van der Waals surface area (Å²) in [5, 5.41) is 89.6. The number of hydrogen-bond donors (Lipinski definition) is 14. The smallest absolute Gasteiger partial charge is 0.248 e. The summed E-state index contributed by atoms with van der Waals surface area (Å²) in [7, 11) is 0. The van der Waals surface area contributed by atoms with Gasteiger partial charge in [-0.1, -0.05) is 77.8 Å². The fourth-order valence-electron chi connectivity index (χ4n) is 10.1. The van der Waals surface area contributed by atoms with Crippen molar-refractivity contribution in [3.05, 3.63) is 29.8 Å². The summed E-state index contributed by atoms with van der Waals surface area (Å²) in [4.78, 5) is 114. The molecule has 25 nitrogen and oxygen atoms in total. The van der Waals surface area contributed by atoms with Gasteiger partial charge in [0.15, 0.2) is 6.23 Å². The number of carbonyl (C=O) groups is 8. The van der Waals surface area contributed by atoms with Crippen molar-refractivity contribution in [1.82, 2.24) is 36.4 Å². The van der Waals surface area contributed by atoms with E-state index in [1.54, 1.807) is 0 Å². The molecule has 15 unspecified atom stereocenters. The van der Waals surface area contributed by atoms with E-state index in [9.17, 15) is 74.1 Å². The second kappa shape index (κ2) is 31.2. The molecule has 0 aliphatic carbocycles. The molecule has 434 valence electrons. The van der Waals surface area contributed by atoms with Crippen molar-refractivity contribution in [2.75, 3.05) is 26.2 Å². The number of carbonyl (C=O) groups excluding carboxylic acids is 8. The van der Waals surface area contributed by atoms with Crippen LogP contribution in [0.2, 0.25) is 0 Å². The summed E-state index contributed by atoms with van der Waals surface area (Å²) >= 11 is 0. The van der Waals surface area contributed by atoms with Crippen molar-refractivity contribution in [3.63, 3.8) is 0 Å². The van der Waals surface area contributed by atoms with Crippen molar-refractivity contribution >= 4 is 47.3 Å². The number of aliphatic hydroxyl groups is 6. The zero-order chi connectivity index (χ0) is 57.1. The molecule has 25 heteroatoms. The number of benzene rings is 1. The topological polar surface area (TPSA) is 406 Å². The third-order valence-electron chi connectivity index (χ3n) is 14.6. The van der Waals surface area contributed by atoms with Crippen molar-refractivity contribution in [2.24, 2.45) is 23.3 Å². The van der Waals surface area contributed by atoms with Crippen molar-refractivity contribution in [2.45, 2.75) is 203 Å². The zero-order valence-electron chi connectivity index (χ0n) is 44.8. The second-order valence-electron chi connectivity index (χ2n) is 21.1. The molecular formula is C52H85N9O16. The van der Waals surface area contributed by atoms with Crippen LogP contribution in [0.3, 0.4) is 0 Å². The number of ether oxygens (including phenoxy) is 1. The highest BCUT2D eigenvalue weighted by Gasteiger charge is 2.48. The number of aliphatic hydroxyl groups excluding tert-OH is 6. The Morgan fingerprint density at radius 2 is 1.42 bits per heavy atom. The number of nitrogens with two attached hydrogens (primary N) is 2. The SMILES string of the molecule is CCC(C)CC(C)CCCCCCCCC(=O)NC1CC(O)C(OCCN)NC(=O)C2C(O)CCN2C(=O)C(C(O)CC(N)=O)NC(=O)C(CC(O)c2ccc(O)cc2)NC(=O)C2CC(O)CN2C(=O)C(C(C)O)NC1=O. The van der Waals surface area contributed by atoms with Crippen LogP contribution in [0.4, 0.5) is 0 Å².